The summed E-state index contributed by atoms with van der Waals surface area (Å²) < 4.78 is 5.58. The van der Waals surface area contributed by atoms with Gasteiger partial charge in [0.05, 0.1) is 0 Å². The molecule has 29 heavy (non-hydrogen) atoms. The third kappa shape index (κ3) is 5.73. The number of carbonyl (C=O) groups is 1. The van der Waals surface area contributed by atoms with E-state index in [4.69, 9.17) is 4.74 Å². The molecule has 3 atom stereocenters. The highest BCUT2D eigenvalue weighted by atomic mass is 16.6. The fourth-order valence-electron chi connectivity index (χ4n) is 5.13. The highest BCUT2D eigenvalue weighted by molar-refractivity contribution is 5.68. The van der Waals surface area contributed by atoms with Crippen molar-refractivity contribution in [1.29, 1.82) is 0 Å². The summed E-state index contributed by atoms with van der Waals surface area (Å²) in [7, 11) is 0. The first-order valence-corrected chi connectivity index (χ1v) is 11.4. The monoisotopic (exact) mass is 399 g/mol. The van der Waals surface area contributed by atoms with Crippen LogP contribution in [-0.2, 0) is 11.3 Å². The zero-order valence-corrected chi connectivity index (χ0v) is 18.3. The Balaban J connectivity index is 1.43. The van der Waals surface area contributed by atoms with Crippen LogP contribution >= 0.6 is 0 Å². The number of hydrogen-bond donors (Lipinski definition) is 1. The van der Waals surface area contributed by atoms with E-state index in [0.29, 0.717) is 11.8 Å². The smallest absolute Gasteiger partial charge is 0.407 e. The van der Waals surface area contributed by atoms with Crippen LogP contribution in [0.4, 0.5) is 4.79 Å². The summed E-state index contributed by atoms with van der Waals surface area (Å²) in [6.07, 6.45) is 5.03. The van der Waals surface area contributed by atoms with E-state index in [1.807, 2.05) is 20.8 Å². The summed E-state index contributed by atoms with van der Waals surface area (Å²) in [6.45, 7) is 11.1. The van der Waals surface area contributed by atoms with Gasteiger partial charge in [-0.1, -0.05) is 30.3 Å². The zero-order chi connectivity index (χ0) is 20.4. The molecule has 3 fully saturated rings. The summed E-state index contributed by atoms with van der Waals surface area (Å²) in [5.74, 6) is 1.15. The van der Waals surface area contributed by atoms with Crippen LogP contribution in [0.1, 0.15) is 52.0 Å². The van der Waals surface area contributed by atoms with Crippen LogP contribution in [-0.4, -0.2) is 59.8 Å². The van der Waals surface area contributed by atoms with Crippen LogP contribution in [0.25, 0.3) is 0 Å². The Morgan fingerprint density at radius 2 is 1.86 bits per heavy atom. The quantitative estimate of drug-likeness (QED) is 0.816. The number of rotatable bonds is 5. The first-order chi connectivity index (χ1) is 13.9. The molecule has 160 valence electrons. The Hall–Kier alpha value is -1.59. The second-order valence-electron chi connectivity index (χ2n) is 10.2. The molecule has 2 heterocycles. The van der Waals surface area contributed by atoms with Gasteiger partial charge in [0.2, 0.25) is 0 Å². The molecule has 0 radical (unpaired) electrons. The van der Waals surface area contributed by atoms with Gasteiger partial charge in [-0.05, 0) is 70.4 Å². The number of nitrogens with zero attached hydrogens (tertiary/aromatic N) is 2. The molecule has 1 amide bonds. The minimum absolute atomic E-state index is 0.165. The molecule has 1 saturated carbocycles. The van der Waals surface area contributed by atoms with Gasteiger partial charge in [-0.15, -0.1) is 0 Å². The van der Waals surface area contributed by atoms with Gasteiger partial charge in [0.15, 0.2) is 0 Å². The van der Waals surface area contributed by atoms with E-state index in [1.54, 1.807) is 0 Å². The van der Waals surface area contributed by atoms with E-state index in [1.165, 1.54) is 44.3 Å². The van der Waals surface area contributed by atoms with Gasteiger partial charge in [0, 0.05) is 38.3 Å². The van der Waals surface area contributed by atoms with Crippen LogP contribution in [0.15, 0.2) is 30.3 Å². The van der Waals surface area contributed by atoms with Crippen LogP contribution in [0, 0.1) is 11.8 Å². The SMILES string of the molecule is CC(C)(C)OC(=O)NC1CN(Cc2ccccc2)CC1C1CCCN(C2CC2)C1. The second-order valence-corrected chi connectivity index (χ2v) is 10.2. The van der Waals surface area contributed by atoms with E-state index in [-0.39, 0.29) is 12.1 Å². The highest BCUT2D eigenvalue weighted by Crippen LogP contribution is 2.36. The van der Waals surface area contributed by atoms with Gasteiger partial charge in [-0.2, -0.15) is 0 Å². The van der Waals surface area contributed by atoms with Crippen molar-refractivity contribution in [3.05, 3.63) is 35.9 Å². The Labute approximate surface area is 175 Å². The summed E-state index contributed by atoms with van der Waals surface area (Å²) in [5, 5.41) is 3.24. The van der Waals surface area contributed by atoms with Crippen molar-refractivity contribution in [3.63, 3.8) is 0 Å². The van der Waals surface area contributed by atoms with Gasteiger partial charge in [-0.25, -0.2) is 4.79 Å². The predicted molar refractivity (Wildman–Crippen MR) is 116 cm³/mol. The molecular formula is C24H37N3O2. The molecule has 2 saturated heterocycles. The van der Waals surface area contributed by atoms with Gasteiger partial charge < -0.3 is 15.0 Å². The zero-order valence-electron chi connectivity index (χ0n) is 18.3. The van der Waals surface area contributed by atoms with E-state index < -0.39 is 5.60 Å². The Bertz CT molecular complexity index is 683. The summed E-state index contributed by atoms with van der Waals surface area (Å²) in [4.78, 5) is 17.7. The van der Waals surface area contributed by atoms with Crippen molar-refractivity contribution >= 4 is 6.09 Å². The molecular weight excluding hydrogens is 362 g/mol. The first-order valence-electron chi connectivity index (χ1n) is 11.4. The molecule has 1 aromatic carbocycles. The number of benzene rings is 1. The van der Waals surface area contributed by atoms with Crippen molar-refractivity contribution in [3.8, 4) is 0 Å². The third-order valence-electron chi connectivity index (χ3n) is 6.55. The van der Waals surface area contributed by atoms with Gasteiger partial charge in [0.1, 0.15) is 5.60 Å². The second kappa shape index (κ2) is 8.65. The van der Waals surface area contributed by atoms with Crippen molar-refractivity contribution < 1.29 is 9.53 Å². The normalized spacial score (nSPS) is 29.0. The molecule has 5 heteroatoms. The Morgan fingerprint density at radius 1 is 1.10 bits per heavy atom. The van der Waals surface area contributed by atoms with E-state index in [0.717, 1.165) is 25.7 Å². The lowest BCUT2D eigenvalue weighted by molar-refractivity contribution is 0.0472. The molecule has 1 aromatic rings. The number of likely N-dealkylation sites (tertiary alicyclic amines) is 2. The highest BCUT2D eigenvalue weighted by Gasteiger charge is 2.42. The maximum atomic E-state index is 12.5. The lowest BCUT2D eigenvalue weighted by Crippen LogP contribution is -2.48. The number of carbonyl (C=O) groups excluding carboxylic acids is 1. The Morgan fingerprint density at radius 3 is 2.55 bits per heavy atom. The number of alkyl carbamates (subject to hydrolysis) is 1. The fourth-order valence-corrected chi connectivity index (χ4v) is 5.13. The molecule has 1 N–H and O–H groups in total. The van der Waals surface area contributed by atoms with Crippen molar-refractivity contribution in [2.75, 3.05) is 26.2 Å². The molecule has 0 bridgehead atoms. The van der Waals surface area contributed by atoms with E-state index in [2.05, 4.69) is 45.4 Å². The van der Waals surface area contributed by atoms with E-state index in [9.17, 15) is 4.79 Å². The minimum Gasteiger partial charge on any atom is -0.444 e. The number of piperidine rings is 1. The maximum Gasteiger partial charge on any atom is 0.407 e. The van der Waals surface area contributed by atoms with Crippen LogP contribution in [0.2, 0.25) is 0 Å². The average molecular weight is 400 g/mol. The average Bonchev–Trinajstić information content (AvgIpc) is 3.44. The molecule has 3 unspecified atom stereocenters. The number of amides is 1. The molecule has 0 aromatic heterocycles. The number of ether oxygens (including phenoxy) is 1. The molecule has 1 aliphatic carbocycles. The van der Waals surface area contributed by atoms with Gasteiger partial charge >= 0.3 is 6.09 Å². The number of hydrogen-bond acceptors (Lipinski definition) is 4. The van der Waals surface area contributed by atoms with Crippen LogP contribution in [0.3, 0.4) is 0 Å². The van der Waals surface area contributed by atoms with Crippen LogP contribution < -0.4 is 5.32 Å². The van der Waals surface area contributed by atoms with Gasteiger partial charge in [0.25, 0.3) is 0 Å². The molecule has 3 aliphatic rings. The molecule has 2 aliphatic heterocycles. The number of nitrogens with one attached hydrogen (secondary N) is 1. The van der Waals surface area contributed by atoms with E-state index >= 15 is 0 Å². The molecule has 4 rings (SSSR count). The maximum absolute atomic E-state index is 12.5. The molecule has 5 nitrogen and oxygen atoms in total. The largest absolute Gasteiger partial charge is 0.444 e. The third-order valence-corrected chi connectivity index (χ3v) is 6.55. The minimum atomic E-state index is -0.463. The lowest BCUT2D eigenvalue weighted by atomic mass is 9.82. The van der Waals surface area contributed by atoms with Gasteiger partial charge in [-0.3, -0.25) is 4.90 Å². The molecule has 0 spiro atoms. The summed E-state index contributed by atoms with van der Waals surface area (Å²) >= 11 is 0. The van der Waals surface area contributed by atoms with Crippen molar-refractivity contribution in [2.45, 2.75) is 70.7 Å². The standard InChI is InChI=1S/C24H37N3O2/c1-24(2,3)29-23(28)25-22-17-26(14-18-8-5-4-6-9-18)16-21(22)19-10-7-13-27(15-19)20-11-12-20/h4-6,8-9,19-22H,7,10-17H2,1-3H3,(H,25,28). The lowest BCUT2D eigenvalue weighted by Gasteiger charge is -2.37. The van der Waals surface area contributed by atoms with Crippen molar-refractivity contribution in [1.82, 2.24) is 15.1 Å². The first kappa shape index (κ1) is 20.7. The van der Waals surface area contributed by atoms with Crippen LogP contribution in [0.5, 0.6) is 0 Å². The summed E-state index contributed by atoms with van der Waals surface area (Å²) in [5.41, 5.74) is 0.877. The predicted octanol–water partition coefficient (Wildman–Crippen LogP) is 3.89. The Kier molecular flexibility index (Phi) is 6.16. The topological polar surface area (TPSA) is 44.8 Å². The summed E-state index contributed by atoms with van der Waals surface area (Å²) in [6, 6.07) is 11.7. The van der Waals surface area contributed by atoms with Crippen molar-refractivity contribution in [2.24, 2.45) is 11.8 Å². The fraction of sp³-hybridized carbons (Fsp3) is 0.708.